The van der Waals surface area contributed by atoms with E-state index in [-0.39, 0.29) is 24.6 Å². The highest BCUT2D eigenvalue weighted by atomic mass is 35.5. The third kappa shape index (κ3) is 4.56. The summed E-state index contributed by atoms with van der Waals surface area (Å²) in [7, 11) is 0. The van der Waals surface area contributed by atoms with Gasteiger partial charge in [-0.25, -0.2) is 19.2 Å². The number of hydrogen-bond acceptors (Lipinski definition) is 6. The van der Waals surface area contributed by atoms with Crippen LogP contribution in [0.4, 0.5) is 15.1 Å². The average Bonchev–Trinajstić information content (AvgIpc) is 3.29. The molecule has 0 bridgehead atoms. The summed E-state index contributed by atoms with van der Waals surface area (Å²) in [6.07, 6.45) is 4.47. The zero-order chi connectivity index (χ0) is 23.1. The fraction of sp³-hybridized carbons (Fsp3) is 0.364. The molecule has 2 aliphatic rings. The summed E-state index contributed by atoms with van der Waals surface area (Å²) in [5, 5.41) is 7.45. The first-order chi connectivity index (χ1) is 15.9. The summed E-state index contributed by atoms with van der Waals surface area (Å²) in [6, 6.07) is 3.68. The number of nitrogens with two attached hydrogens (primary N) is 1. The molecular weight excluding hydrogens is 449 g/mol. The largest absolute Gasteiger partial charge is 0.491 e. The number of carbonyl (C=O) groups excluding carboxylic acids is 1. The van der Waals surface area contributed by atoms with E-state index >= 15 is 0 Å². The van der Waals surface area contributed by atoms with Crippen LogP contribution in [0.25, 0.3) is 11.3 Å². The molecule has 3 aromatic rings. The third-order valence-corrected chi connectivity index (χ3v) is 5.89. The first kappa shape index (κ1) is 21.4. The van der Waals surface area contributed by atoms with Gasteiger partial charge in [0.1, 0.15) is 12.4 Å². The van der Waals surface area contributed by atoms with Crippen LogP contribution in [-0.4, -0.2) is 43.3 Å². The van der Waals surface area contributed by atoms with Crippen molar-refractivity contribution >= 4 is 23.6 Å². The van der Waals surface area contributed by atoms with Gasteiger partial charge in [-0.15, -0.1) is 0 Å². The van der Waals surface area contributed by atoms with E-state index in [2.05, 4.69) is 20.4 Å². The number of nitrogens with zero attached hydrogens (tertiary/aromatic N) is 5. The van der Waals surface area contributed by atoms with Crippen molar-refractivity contribution in [3.8, 4) is 17.0 Å². The Balaban J connectivity index is 1.45. The first-order valence-electron chi connectivity index (χ1n) is 10.7. The Labute approximate surface area is 194 Å². The van der Waals surface area contributed by atoms with Crippen LogP contribution in [0.3, 0.4) is 0 Å². The van der Waals surface area contributed by atoms with Crippen LogP contribution < -0.4 is 15.8 Å². The Morgan fingerprint density at radius 1 is 1.33 bits per heavy atom. The minimum absolute atomic E-state index is 0.115. The lowest BCUT2D eigenvalue weighted by molar-refractivity contribution is 0.197. The van der Waals surface area contributed by atoms with Gasteiger partial charge in [-0.1, -0.05) is 11.6 Å². The molecule has 0 atom stereocenters. The van der Waals surface area contributed by atoms with Crippen molar-refractivity contribution in [2.75, 3.05) is 12.3 Å². The van der Waals surface area contributed by atoms with Gasteiger partial charge in [0, 0.05) is 22.2 Å². The maximum absolute atomic E-state index is 13.2. The molecule has 0 spiro atoms. The van der Waals surface area contributed by atoms with Gasteiger partial charge in [0.05, 0.1) is 43.4 Å². The van der Waals surface area contributed by atoms with Crippen molar-refractivity contribution in [3.63, 3.8) is 0 Å². The fourth-order valence-electron chi connectivity index (χ4n) is 3.96. The number of aryl methyl sites for hydroxylation is 1. The highest BCUT2D eigenvalue weighted by Crippen LogP contribution is 2.40. The van der Waals surface area contributed by atoms with Crippen molar-refractivity contribution in [2.45, 2.75) is 45.4 Å². The Kier molecular flexibility index (Phi) is 5.53. The zero-order valence-electron chi connectivity index (χ0n) is 18.0. The predicted molar refractivity (Wildman–Crippen MR) is 120 cm³/mol. The predicted octanol–water partition coefficient (Wildman–Crippen LogP) is 3.29. The molecule has 11 heteroatoms. The Hall–Kier alpha value is -3.40. The van der Waals surface area contributed by atoms with Crippen molar-refractivity contribution in [1.29, 1.82) is 0 Å². The number of nitrogen functional groups attached to an aromatic ring is 1. The summed E-state index contributed by atoms with van der Waals surface area (Å²) in [5.41, 5.74) is 9.79. The maximum Gasteiger partial charge on any atom is 0.318 e. The SMILES string of the molecule is Cc1cc(Cl)cc(OCCn2cc(F)cn2)c1-c1nc(N)nc2c1CN(C(=O)NC1CC1)C2. The minimum atomic E-state index is -0.406. The molecule has 5 rings (SSSR count). The van der Waals surface area contributed by atoms with Crippen LogP contribution in [0.2, 0.25) is 5.02 Å². The van der Waals surface area contributed by atoms with Crippen molar-refractivity contribution in [3.05, 3.63) is 52.2 Å². The fourth-order valence-corrected chi connectivity index (χ4v) is 4.22. The normalized spacial score (nSPS) is 14.9. The smallest absolute Gasteiger partial charge is 0.318 e. The van der Waals surface area contributed by atoms with Gasteiger partial charge in [-0.05, 0) is 37.5 Å². The van der Waals surface area contributed by atoms with Gasteiger partial charge in [0.25, 0.3) is 0 Å². The molecule has 0 saturated heterocycles. The lowest BCUT2D eigenvalue weighted by Crippen LogP contribution is -2.37. The first-order valence-corrected chi connectivity index (χ1v) is 11.1. The number of halogens is 2. The lowest BCUT2D eigenvalue weighted by Gasteiger charge is -2.17. The third-order valence-electron chi connectivity index (χ3n) is 5.67. The number of urea groups is 1. The van der Waals surface area contributed by atoms with Gasteiger partial charge < -0.3 is 20.7 Å². The number of rotatable bonds is 6. The van der Waals surface area contributed by atoms with Crippen LogP contribution in [0, 0.1) is 12.7 Å². The summed E-state index contributed by atoms with van der Waals surface area (Å²) >= 11 is 6.31. The molecule has 2 amide bonds. The second-order valence-corrected chi connectivity index (χ2v) is 8.74. The Bertz CT molecular complexity index is 1230. The number of amides is 2. The topological polar surface area (TPSA) is 111 Å². The number of carbonyl (C=O) groups is 1. The number of benzene rings is 1. The second kappa shape index (κ2) is 8.51. The van der Waals surface area contributed by atoms with Crippen molar-refractivity contribution < 1.29 is 13.9 Å². The van der Waals surface area contributed by atoms with Crippen molar-refractivity contribution in [2.24, 2.45) is 0 Å². The molecule has 1 saturated carbocycles. The summed E-state index contributed by atoms with van der Waals surface area (Å²) in [6.45, 7) is 3.24. The zero-order valence-corrected chi connectivity index (χ0v) is 18.8. The van der Waals surface area contributed by atoms with Gasteiger partial charge in [-0.2, -0.15) is 5.10 Å². The van der Waals surface area contributed by atoms with Crippen LogP contribution in [-0.2, 0) is 19.6 Å². The van der Waals surface area contributed by atoms with E-state index in [4.69, 9.17) is 22.1 Å². The molecule has 2 aromatic heterocycles. The summed E-state index contributed by atoms with van der Waals surface area (Å²) < 4.78 is 20.7. The number of aromatic nitrogens is 4. The molecule has 0 radical (unpaired) electrons. The molecule has 1 aliphatic heterocycles. The van der Waals surface area contributed by atoms with Gasteiger partial charge in [0.15, 0.2) is 5.82 Å². The maximum atomic E-state index is 13.2. The quantitative estimate of drug-likeness (QED) is 0.570. The molecule has 3 heterocycles. The Morgan fingerprint density at radius 2 is 2.15 bits per heavy atom. The van der Waals surface area contributed by atoms with Gasteiger partial charge in [-0.3, -0.25) is 4.68 Å². The van der Waals surface area contributed by atoms with Crippen LogP contribution in [0.5, 0.6) is 5.75 Å². The number of hydrogen-bond donors (Lipinski definition) is 2. The summed E-state index contributed by atoms with van der Waals surface area (Å²) in [4.78, 5) is 23.2. The van der Waals surface area contributed by atoms with E-state index in [9.17, 15) is 9.18 Å². The number of fused-ring (bicyclic) bond motifs is 1. The number of nitrogens with one attached hydrogen (secondary N) is 1. The average molecular weight is 472 g/mol. The molecule has 1 aromatic carbocycles. The van der Waals surface area contributed by atoms with E-state index in [1.807, 2.05) is 13.0 Å². The van der Waals surface area contributed by atoms with E-state index in [0.29, 0.717) is 36.1 Å². The van der Waals surface area contributed by atoms with Crippen LogP contribution >= 0.6 is 11.6 Å². The standard InChI is InChI=1S/C22H23ClFN7O2/c1-12-6-13(23)7-18(33-5-4-31-9-14(24)8-26-31)19(12)20-16-10-30(22(32)27-15-2-3-15)11-17(16)28-21(25)29-20/h6-9,15H,2-5,10-11H2,1H3,(H,27,32)(H2,25,28,29). The van der Waals surface area contributed by atoms with Crippen molar-refractivity contribution in [1.82, 2.24) is 30.0 Å². The Morgan fingerprint density at radius 3 is 2.88 bits per heavy atom. The molecule has 1 aliphatic carbocycles. The highest BCUT2D eigenvalue weighted by molar-refractivity contribution is 6.31. The number of anilines is 1. The highest BCUT2D eigenvalue weighted by Gasteiger charge is 2.32. The molecule has 9 nitrogen and oxygen atoms in total. The van der Waals surface area contributed by atoms with Gasteiger partial charge >= 0.3 is 6.03 Å². The molecule has 3 N–H and O–H groups in total. The summed E-state index contributed by atoms with van der Waals surface area (Å²) in [5.74, 6) is 0.242. The van der Waals surface area contributed by atoms with Crippen LogP contribution in [0.15, 0.2) is 24.5 Å². The molecule has 33 heavy (non-hydrogen) atoms. The molecule has 1 fully saturated rings. The van der Waals surface area contributed by atoms with E-state index in [1.165, 1.54) is 10.9 Å². The molecular formula is C22H23ClFN7O2. The van der Waals surface area contributed by atoms with Gasteiger partial charge in [0.2, 0.25) is 5.95 Å². The molecule has 172 valence electrons. The monoisotopic (exact) mass is 471 g/mol. The van der Waals surface area contributed by atoms with Crippen LogP contribution in [0.1, 0.15) is 29.7 Å². The second-order valence-electron chi connectivity index (χ2n) is 8.30. The van der Waals surface area contributed by atoms with E-state index in [1.54, 1.807) is 11.0 Å². The lowest BCUT2D eigenvalue weighted by atomic mass is 10.00. The van der Waals surface area contributed by atoms with E-state index in [0.717, 1.165) is 41.4 Å². The molecule has 0 unspecified atom stereocenters. The van der Waals surface area contributed by atoms with E-state index < -0.39 is 5.82 Å². The minimum Gasteiger partial charge on any atom is -0.491 e. The number of ether oxygens (including phenoxy) is 1.